The number of aryl methyl sites for hydroxylation is 1. The van der Waals surface area contributed by atoms with Crippen molar-refractivity contribution < 1.29 is 9.13 Å². The van der Waals surface area contributed by atoms with Gasteiger partial charge in [0.15, 0.2) is 0 Å². The Balaban J connectivity index is 1.28. The molecular weight excluding hydrogens is 431 g/mol. The molecule has 1 saturated heterocycles. The van der Waals surface area contributed by atoms with Crippen molar-refractivity contribution in [3.05, 3.63) is 83.5 Å². The molecule has 0 amide bonds. The lowest BCUT2D eigenvalue weighted by molar-refractivity contribution is 0.0370. The Morgan fingerprint density at radius 1 is 1.03 bits per heavy atom. The van der Waals surface area contributed by atoms with E-state index in [9.17, 15) is 4.39 Å². The first kappa shape index (κ1) is 20.9. The molecule has 0 saturated carbocycles. The third-order valence-corrected chi connectivity index (χ3v) is 6.52. The number of aromatic nitrogens is 4. The van der Waals surface area contributed by atoms with E-state index in [1.165, 1.54) is 17.7 Å². The molecule has 2 aliphatic rings. The third kappa shape index (κ3) is 3.94. The lowest BCUT2D eigenvalue weighted by atomic mass is 10.0. The number of pyridine rings is 2. The van der Waals surface area contributed by atoms with E-state index in [1.807, 2.05) is 31.3 Å². The van der Waals surface area contributed by atoms with Crippen molar-refractivity contribution in [2.45, 2.75) is 26.0 Å². The zero-order valence-corrected chi connectivity index (χ0v) is 19.0. The number of anilines is 2. The monoisotopic (exact) mass is 456 g/mol. The van der Waals surface area contributed by atoms with Crippen LogP contribution in [0.2, 0.25) is 0 Å². The highest BCUT2D eigenvalue weighted by Gasteiger charge is 2.26. The Hall–Kier alpha value is -3.65. The molecule has 0 bridgehead atoms. The third-order valence-electron chi connectivity index (χ3n) is 6.52. The number of rotatable bonds is 3. The summed E-state index contributed by atoms with van der Waals surface area (Å²) in [4.78, 5) is 23.0. The van der Waals surface area contributed by atoms with Gasteiger partial charge < -0.3 is 14.5 Å². The van der Waals surface area contributed by atoms with Crippen LogP contribution in [0.5, 0.6) is 0 Å². The molecule has 5 heterocycles. The summed E-state index contributed by atoms with van der Waals surface area (Å²) in [6.45, 7) is 5.51. The van der Waals surface area contributed by atoms with Crippen LogP contribution in [0.4, 0.5) is 15.9 Å². The predicted octanol–water partition coefficient (Wildman–Crippen LogP) is 4.01. The number of fused-ring (bicyclic) bond motifs is 2. The molecule has 1 unspecified atom stereocenters. The average molecular weight is 457 g/mol. The van der Waals surface area contributed by atoms with Crippen LogP contribution in [0.25, 0.3) is 10.9 Å². The van der Waals surface area contributed by atoms with Crippen LogP contribution < -0.4 is 9.80 Å². The van der Waals surface area contributed by atoms with E-state index in [4.69, 9.17) is 9.72 Å². The highest BCUT2D eigenvalue weighted by Crippen LogP contribution is 2.31. The fourth-order valence-electron chi connectivity index (χ4n) is 4.84. The van der Waals surface area contributed by atoms with Gasteiger partial charge in [0.05, 0.1) is 36.2 Å². The van der Waals surface area contributed by atoms with E-state index in [-0.39, 0.29) is 11.9 Å². The lowest BCUT2D eigenvalue weighted by Gasteiger charge is -2.35. The summed E-state index contributed by atoms with van der Waals surface area (Å²) in [5.74, 6) is 1.18. The molecule has 8 heteroatoms. The first-order chi connectivity index (χ1) is 16.6. The minimum atomic E-state index is -0.280. The van der Waals surface area contributed by atoms with Crippen molar-refractivity contribution in [1.29, 1.82) is 0 Å². The van der Waals surface area contributed by atoms with Gasteiger partial charge in [-0.25, -0.2) is 14.4 Å². The van der Waals surface area contributed by atoms with E-state index in [2.05, 4.69) is 30.8 Å². The van der Waals surface area contributed by atoms with Gasteiger partial charge in [-0.05, 0) is 48.9 Å². The molecule has 0 spiro atoms. The summed E-state index contributed by atoms with van der Waals surface area (Å²) in [7, 11) is 0. The van der Waals surface area contributed by atoms with Crippen LogP contribution >= 0.6 is 0 Å². The second kappa shape index (κ2) is 8.61. The van der Waals surface area contributed by atoms with E-state index >= 15 is 0 Å². The molecule has 6 rings (SSSR count). The molecule has 0 N–H and O–H groups in total. The SMILES string of the molecule is Cc1nc(N2CCc3ncc(N4CCOC(c5ccccn5)C4)cc3C2)c2cc(F)ccc2n1. The molecule has 172 valence electrons. The Labute approximate surface area is 197 Å². The maximum atomic E-state index is 14.0. The number of hydrogen-bond donors (Lipinski definition) is 0. The Morgan fingerprint density at radius 2 is 1.97 bits per heavy atom. The molecule has 34 heavy (non-hydrogen) atoms. The van der Waals surface area contributed by atoms with Gasteiger partial charge in [0.2, 0.25) is 0 Å². The van der Waals surface area contributed by atoms with Gasteiger partial charge in [-0.2, -0.15) is 0 Å². The van der Waals surface area contributed by atoms with Crippen LogP contribution in [0, 0.1) is 12.7 Å². The molecule has 1 atom stereocenters. The summed E-state index contributed by atoms with van der Waals surface area (Å²) in [6.07, 6.45) is 4.52. The van der Waals surface area contributed by atoms with Crippen LogP contribution in [0.3, 0.4) is 0 Å². The summed E-state index contributed by atoms with van der Waals surface area (Å²) < 4.78 is 20.0. The summed E-state index contributed by atoms with van der Waals surface area (Å²) >= 11 is 0. The fraction of sp³-hybridized carbons (Fsp3) is 0.308. The van der Waals surface area contributed by atoms with E-state index in [1.54, 1.807) is 12.3 Å². The Morgan fingerprint density at radius 3 is 2.85 bits per heavy atom. The topological polar surface area (TPSA) is 67.3 Å². The quantitative estimate of drug-likeness (QED) is 0.461. The largest absolute Gasteiger partial charge is 0.368 e. The van der Waals surface area contributed by atoms with Crippen molar-refractivity contribution in [3.63, 3.8) is 0 Å². The molecule has 1 aromatic carbocycles. The van der Waals surface area contributed by atoms with Crippen molar-refractivity contribution in [2.24, 2.45) is 0 Å². The molecule has 3 aromatic heterocycles. The fourth-order valence-corrected chi connectivity index (χ4v) is 4.84. The number of benzene rings is 1. The van der Waals surface area contributed by atoms with E-state index < -0.39 is 0 Å². The maximum Gasteiger partial charge on any atom is 0.140 e. The first-order valence-corrected chi connectivity index (χ1v) is 11.6. The second-order valence-electron chi connectivity index (χ2n) is 8.79. The molecule has 1 fully saturated rings. The van der Waals surface area contributed by atoms with Gasteiger partial charge in [-0.15, -0.1) is 0 Å². The minimum absolute atomic E-state index is 0.0623. The van der Waals surface area contributed by atoms with Crippen LogP contribution in [0.15, 0.2) is 54.9 Å². The second-order valence-corrected chi connectivity index (χ2v) is 8.79. The standard InChI is InChI=1S/C26H25FN6O/c1-17-30-23-6-5-19(27)13-21(23)26(31-17)33-9-7-22-18(15-33)12-20(14-29-22)32-10-11-34-25(16-32)24-4-2-3-8-28-24/h2-6,8,12-14,25H,7,9-11,15-16H2,1H3. The zero-order valence-electron chi connectivity index (χ0n) is 19.0. The van der Waals surface area contributed by atoms with Crippen LogP contribution in [-0.2, 0) is 17.7 Å². The molecular formula is C26H25FN6O. The molecule has 4 aromatic rings. The van der Waals surface area contributed by atoms with Gasteiger partial charge in [0.1, 0.15) is 23.6 Å². The van der Waals surface area contributed by atoms with Crippen molar-refractivity contribution in [3.8, 4) is 0 Å². The van der Waals surface area contributed by atoms with Crippen LogP contribution in [-0.4, -0.2) is 46.2 Å². The molecule has 7 nitrogen and oxygen atoms in total. The van der Waals surface area contributed by atoms with Gasteiger partial charge in [-0.1, -0.05) is 6.07 Å². The molecule has 0 aliphatic carbocycles. The van der Waals surface area contributed by atoms with Gasteiger partial charge in [0, 0.05) is 43.3 Å². The maximum absolute atomic E-state index is 14.0. The number of ether oxygens (including phenoxy) is 1. The number of hydrogen-bond acceptors (Lipinski definition) is 7. The molecule has 2 aliphatic heterocycles. The summed E-state index contributed by atoms with van der Waals surface area (Å²) in [5.41, 5.74) is 5.07. The smallest absolute Gasteiger partial charge is 0.140 e. The van der Waals surface area contributed by atoms with E-state index in [0.717, 1.165) is 59.9 Å². The van der Waals surface area contributed by atoms with Gasteiger partial charge in [0.25, 0.3) is 0 Å². The van der Waals surface area contributed by atoms with Gasteiger partial charge >= 0.3 is 0 Å². The molecule has 0 radical (unpaired) electrons. The summed E-state index contributed by atoms with van der Waals surface area (Å²) in [6, 6.07) is 12.8. The van der Waals surface area contributed by atoms with Gasteiger partial charge in [-0.3, -0.25) is 9.97 Å². The predicted molar refractivity (Wildman–Crippen MR) is 128 cm³/mol. The average Bonchev–Trinajstić information content (AvgIpc) is 2.88. The van der Waals surface area contributed by atoms with E-state index in [0.29, 0.717) is 19.0 Å². The van der Waals surface area contributed by atoms with Crippen molar-refractivity contribution in [2.75, 3.05) is 36.0 Å². The Bertz CT molecular complexity index is 1350. The first-order valence-electron chi connectivity index (χ1n) is 11.6. The highest BCUT2D eigenvalue weighted by molar-refractivity contribution is 5.89. The van der Waals surface area contributed by atoms with Crippen molar-refractivity contribution in [1.82, 2.24) is 19.9 Å². The minimum Gasteiger partial charge on any atom is -0.368 e. The van der Waals surface area contributed by atoms with Crippen molar-refractivity contribution >= 4 is 22.4 Å². The Kier molecular flexibility index (Phi) is 5.30. The highest BCUT2D eigenvalue weighted by atomic mass is 19.1. The number of morpholine rings is 1. The number of nitrogens with zero attached hydrogens (tertiary/aromatic N) is 6. The summed E-state index contributed by atoms with van der Waals surface area (Å²) in [5, 5.41) is 0.740. The number of halogens is 1. The van der Waals surface area contributed by atoms with Crippen LogP contribution in [0.1, 0.15) is 28.9 Å². The normalized spacial score (nSPS) is 18.2. The zero-order chi connectivity index (χ0) is 23.1. The lowest BCUT2D eigenvalue weighted by Crippen LogP contribution is -2.39.